The Morgan fingerprint density at radius 1 is 0.929 bits per heavy atom. The summed E-state index contributed by atoms with van der Waals surface area (Å²) in [5, 5.41) is 15.6. The number of nitrogens with one attached hydrogen (secondary N) is 2. The van der Waals surface area contributed by atoms with E-state index in [0.717, 1.165) is 5.56 Å². The molecule has 0 aliphatic carbocycles. The number of amides is 3. The van der Waals surface area contributed by atoms with Crippen LogP contribution in [0.25, 0.3) is 0 Å². The number of benzene rings is 3. The molecule has 0 saturated heterocycles. The first kappa shape index (κ1) is 32.0. The summed E-state index contributed by atoms with van der Waals surface area (Å²) in [5.41, 5.74) is 1.09. The average molecular weight is 576 g/mol. The highest BCUT2D eigenvalue weighted by Crippen LogP contribution is 2.29. The van der Waals surface area contributed by atoms with Gasteiger partial charge in [0.1, 0.15) is 29.2 Å². The minimum Gasteiger partial charge on any atom is -0.508 e. The van der Waals surface area contributed by atoms with Crippen molar-refractivity contribution in [2.24, 2.45) is 0 Å². The molecule has 3 aromatic carbocycles. The fourth-order valence-electron chi connectivity index (χ4n) is 4.46. The summed E-state index contributed by atoms with van der Waals surface area (Å²) in [7, 11) is 1.56. The Bertz CT molecular complexity index is 1320. The number of rotatable bonds is 11. The zero-order valence-electron chi connectivity index (χ0n) is 25.1. The normalized spacial score (nSPS) is 13.3. The monoisotopic (exact) mass is 575 g/mol. The third kappa shape index (κ3) is 8.99. The van der Waals surface area contributed by atoms with Crippen LogP contribution in [0.5, 0.6) is 11.5 Å². The molecule has 3 rings (SSSR count). The van der Waals surface area contributed by atoms with E-state index in [9.17, 15) is 19.5 Å². The van der Waals surface area contributed by atoms with E-state index in [2.05, 4.69) is 10.6 Å². The maximum absolute atomic E-state index is 14.5. The summed E-state index contributed by atoms with van der Waals surface area (Å²) in [5.74, 6) is -0.225. The number of methoxy groups -OCH3 is 1. The number of ether oxygens (including phenoxy) is 2. The molecule has 0 radical (unpaired) electrons. The minimum atomic E-state index is -1.08. The second-order valence-corrected chi connectivity index (χ2v) is 11.1. The van der Waals surface area contributed by atoms with Crippen molar-refractivity contribution in [3.63, 3.8) is 0 Å². The molecule has 3 atom stereocenters. The number of nitrogens with zero attached hydrogens (tertiary/aromatic N) is 1. The van der Waals surface area contributed by atoms with Crippen LogP contribution >= 0.6 is 0 Å². The molecule has 0 bridgehead atoms. The van der Waals surface area contributed by atoms with Crippen LogP contribution in [0, 0.1) is 0 Å². The lowest BCUT2D eigenvalue weighted by Crippen LogP contribution is -2.55. The van der Waals surface area contributed by atoms with E-state index in [-0.39, 0.29) is 12.2 Å². The predicted molar refractivity (Wildman–Crippen MR) is 162 cm³/mol. The van der Waals surface area contributed by atoms with Crippen molar-refractivity contribution in [2.45, 2.75) is 71.2 Å². The summed E-state index contributed by atoms with van der Waals surface area (Å²) < 4.78 is 10.7. The van der Waals surface area contributed by atoms with Crippen molar-refractivity contribution in [2.75, 3.05) is 12.4 Å². The number of hydrogen-bond donors (Lipinski definition) is 3. The molecule has 0 aromatic heterocycles. The van der Waals surface area contributed by atoms with Crippen LogP contribution in [0.1, 0.15) is 58.2 Å². The summed E-state index contributed by atoms with van der Waals surface area (Å²) in [6, 6.07) is 19.9. The molecule has 42 heavy (non-hydrogen) atoms. The maximum Gasteiger partial charge on any atom is 0.408 e. The van der Waals surface area contributed by atoms with Gasteiger partial charge in [-0.05, 0) is 81.6 Å². The lowest BCUT2D eigenvalue weighted by molar-refractivity contribution is -0.143. The molecule has 3 aromatic rings. The van der Waals surface area contributed by atoms with Gasteiger partial charge in [-0.15, -0.1) is 0 Å². The lowest BCUT2D eigenvalue weighted by atomic mass is 9.97. The van der Waals surface area contributed by atoms with E-state index in [1.807, 2.05) is 44.2 Å². The molecule has 0 aliphatic heterocycles. The van der Waals surface area contributed by atoms with Gasteiger partial charge in [-0.2, -0.15) is 0 Å². The molecule has 0 saturated carbocycles. The molecule has 0 spiro atoms. The third-order valence-electron chi connectivity index (χ3n) is 6.68. The van der Waals surface area contributed by atoms with Crippen molar-refractivity contribution >= 4 is 23.6 Å². The van der Waals surface area contributed by atoms with Crippen LogP contribution in [0.2, 0.25) is 0 Å². The number of phenolic OH excluding ortho intramolecular Hbond substituents is 1. The van der Waals surface area contributed by atoms with Gasteiger partial charge in [0.05, 0.1) is 7.11 Å². The Labute approximate surface area is 247 Å². The fourth-order valence-corrected chi connectivity index (χ4v) is 4.46. The van der Waals surface area contributed by atoms with Gasteiger partial charge in [0.25, 0.3) is 5.91 Å². The first-order valence-corrected chi connectivity index (χ1v) is 14.0. The Morgan fingerprint density at radius 2 is 1.55 bits per heavy atom. The minimum absolute atomic E-state index is 0.0306. The average Bonchev–Trinajstić information content (AvgIpc) is 2.95. The highest BCUT2D eigenvalue weighted by atomic mass is 16.6. The Hall–Kier alpha value is -4.53. The molecule has 9 nitrogen and oxygen atoms in total. The van der Waals surface area contributed by atoms with E-state index < -0.39 is 41.6 Å². The number of hydrogen-bond acceptors (Lipinski definition) is 6. The van der Waals surface area contributed by atoms with Crippen molar-refractivity contribution in [3.8, 4) is 11.5 Å². The van der Waals surface area contributed by atoms with Crippen LogP contribution in [0.4, 0.5) is 10.5 Å². The molecule has 3 N–H and O–H groups in total. The Balaban J connectivity index is 2.06. The van der Waals surface area contributed by atoms with Crippen molar-refractivity contribution < 1.29 is 29.0 Å². The SMILES string of the molecule is CCC(C)N(C(=O)C(Cc1ccccc1)NC(=O)OC(C)(C)C)C(C(=O)Nc1ccc(OC)cc1)c1ccc(O)cc1. The highest BCUT2D eigenvalue weighted by molar-refractivity contribution is 5.99. The van der Waals surface area contributed by atoms with Crippen LogP contribution in [-0.2, 0) is 20.7 Å². The van der Waals surface area contributed by atoms with Gasteiger partial charge in [0.15, 0.2) is 0 Å². The van der Waals surface area contributed by atoms with Crippen molar-refractivity contribution in [1.82, 2.24) is 10.2 Å². The Kier molecular flexibility index (Phi) is 11.0. The zero-order chi connectivity index (χ0) is 30.9. The highest BCUT2D eigenvalue weighted by Gasteiger charge is 2.38. The van der Waals surface area contributed by atoms with Crippen LogP contribution in [0.15, 0.2) is 78.9 Å². The van der Waals surface area contributed by atoms with Gasteiger partial charge in [-0.25, -0.2) is 4.79 Å². The summed E-state index contributed by atoms with van der Waals surface area (Å²) in [6.07, 6.45) is -0.000680. The van der Waals surface area contributed by atoms with E-state index in [0.29, 0.717) is 23.4 Å². The summed E-state index contributed by atoms with van der Waals surface area (Å²) in [4.78, 5) is 42.9. The molecular weight excluding hydrogens is 534 g/mol. The van der Waals surface area contributed by atoms with Gasteiger partial charge >= 0.3 is 6.09 Å². The van der Waals surface area contributed by atoms with E-state index in [1.165, 1.54) is 17.0 Å². The quantitative estimate of drug-likeness (QED) is 0.264. The summed E-state index contributed by atoms with van der Waals surface area (Å²) >= 11 is 0. The topological polar surface area (TPSA) is 117 Å². The van der Waals surface area contributed by atoms with Crippen molar-refractivity contribution in [1.29, 1.82) is 0 Å². The number of anilines is 1. The molecular formula is C33H41N3O6. The van der Waals surface area contributed by atoms with Gasteiger partial charge in [-0.1, -0.05) is 49.4 Å². The second kappa shape index (κ2) is 14.4. The Morgan fingerprint density at radius 3 is 2.10 bits per heavy atom. The second-order valence-electron chi connectivity index (χ2n) is 11.1. The van der Waals surface area contributed by atoms with E-state index >= 15 is 0 Å². The molecule has 224 valence electrons. The largest absolute Gasteiger partial charge is 0.508 e. The molecule has 3 unspecified atom stereocenters. The molecule has 0 heterocycles. The standard InChI is InChI=1S/C33H41N3O6/c1-7-22(2)36(31(39)28(21-23-11-9-8-10-12-23)35-32(40)42-33(3,4)5)29(24-13-17-26(37)18-14-24)30(38)34-25-15-19-27(41-6)20-16-25/h8-20,22,28-29,37H,7,21H2,1-6H3,(H,34,38)(H,35,40). The number of phenols is 1. The van der Waals surface area contributed by atoms with E-state index in [4.69, 9.17) is 9.47 Å². The van der Waals surface area contributed by atoms with Gasteiger partial charge in [-0.3, -0.25) is 9.59 Å². The smallest absolute Gasteiger partial charge is 0.408 e. The van der Waals surface area contributed by atoms with Gasteiger partial charge in [0.2, 0.25) is 5.91 Å². The number of carbonyl (C=O) groups is 3. The van der Waals surface area contributed by atoms with Gasteiger partial charge < -0.3 is 30.1 Å². The number of alkyl carbamates (subject to hydrolysis) is 1. The van der Waals surface area contributed by atoms with Gasteiger partial charge in [0, 0.05) is 18.2 Å². The first-order valence-electron chi connectivity index (χ1n) is 14.0. The van der Waals surface area contributed by atoms with E-state index in [1.54, 1.807) is 64.3 Å². The number of aromatic hydroxyl groups is 1. The first-order chi connectivity index (χ1) is 19.9. The molecule has 3 amide bonds. The molecule has 0 fully saturated rings. The zero-order valence-corrected chi connectivity index (χ0v) is 25.1. The van der Waals surface area contributed by atoms with Crippen LogP contribution in [0.3, 0.4) is 0 Å². The van der Waals surface area contributed by atoms with Crippen molar-refractivity contribution in [3.05, 3.63) is 90.0 Å². The molecule has 0 aliphatic rings. The summed E-state index contributed by atoms with van der Waals surface area (Å²) in [6.45, 7) is 9.02. The number of carbonyl (C=O) groups excluding carboxylic acids is 3. The van der Waals surface area contributed by atoms with Crippen LogP contribution < -0.4 is 15.4 Å². The van der Waals surface area contributed by atoms with Crippen LogP contribution in [-0.4, -0.2) is 52.7 Å². The maximum atomic E-state index is 14.5. The lowest BCUT2D eigenvalue weighted by Gasteiger charge is -2.38. The third-order valence-corrected chi connectivity index (χ3v) is 6.68. The molecule has 9 heteroatoms. The predicted octanol–water partition coefficient (Wildman–Crippen LogP) is 5.84. The fraction of sp³-hybridized carbons (Fsp3) is 0.364.